The van der Waals surface area contributed by atoms with Gasteiger partial charge >= 0.3 is 5.97 Å². The van der Waals surface area contributed by atoms with Gasteiger partial charge in [0.15, 0.2) is 0 Å². The number of benzene rings is 2. The van der Waals surface area contributed by atoms with Gasteiger partial charge < -0.3 is 14.6 Å². The zero-order valence-corrected chi connectivity index (χ0v) is 16.6. The van der Waals surface area contributed by atoms with E-state index in [0.717, 1.165) is 5.56 Å². The number of hydrogen-bond acceptors (Lipinski definition) is 6. The molecule has 0 aliphatic carbocycles. The molecule has 2 aromatic carbocycles. The van der Waals surface area contributed by atoms with E-state index >= 15 is 0 Å². The van der Waals surface area contributed by atoms with Crippen molar-refractivity contribution in [3.05, 3.63) is 65.5 Å². The SMILES string of the molecule is COC(=O)c1ccc(NC(=O)CCc2nc(-c3ccc(C(C)C)cc3)no2)cc1. The van der Waals surface area contributed by atoms with Crippen molar-refractivity contribution in [2.45, 2.75) is 32.6 Å². The van der Waals surface area contributed by atoms with Crippen LogP contribution in [0.3, 0.4) is 0 Å². The van der Waals surface area contributed by atoms with Gasteiger partial charge in [-0.1, -0.05) is 43.3 Å². The van der Waals surface area contributed by atoms with Crippen LogP contribution in [0, 0.1) is 0 Å². The lowest BCUT2D eigenvalue weighted by Crippen LogP contribution is -2.12. The normalized spacial score (nSPS) is 10.8. The fourth-order valence-electron chi connectivity index (χ4n) is 2.74. The molecule has 1 aromatic heterocycles. The Bertz CT molecular complexity index is 976. The highest BCUT2D eigenvalue weighted by Gasteiger charge is 2.12. The summed E-state index contributed by atoms with van der Waals surface area (Å²) in [7, 11) is 1.32. The summed E-state index contributed by atoms with van der Waals surface area (Å²) in [5.74, 6) is 0.768. The van der Waals surface area contributed by atoms with Crippen molar-refractivity contribution in [3.8, 4) is 11.4 Å². The van der Waals surface area contributed by atoms with Crippen LogP contribution in [0.15, 0.2) is 53.1 Å². The number of carbonyl (C=O) groups excluding carboxylic acids is 2. The third-order valence-corrected chi connectivity index (χ3v) is 4.46. The Morgan fingerprint density at radius 1 is 1.07 bits per heavy atom. The summed E-state index contributed by atoms with van der Waals surface area (Å²) < 4.78 is 9.90. The molecule has 1 heterocycles. The number of nitrogens with zero attached hydrogens (tertiary/aromatic N) is 2. The van der Waals surface area contributed by atoms with Gasteiger partial charge in [-0.25, -0.2) is 4.79 Å². The molecule has 0 saturated heterocycles. The van der Waals surface area contributed by atoms with E-state index in [-0.39, 0.29) is 12.3 Å². The van der Waals surface area contributed by atoms with Crippen LogP contribution >= 0.6 is 0 Å². The molecule has 7 nitrogen and oxygen atoms in total. The monoisotopic (exact) mass is 393 g/mol. The summed E-state index contributed by atoms with van der Waals surface area (Å²) in [6, 6.07) is 14.5. The number of rotatable bonds is 7. The number of amides is 1. The van der Waals surface area contributed by atoms with Crippen LogP contribution in [-0.4, -0.2) is 29.1 Å². The Balaban J connectivity index is 1.53. The van der Waals surface area contributed by atoms with E-state index in [2.05, 4.69) is 46.2 Å². The number of anilines is 1. The van der Waals surface area contributed by atoms with Crippen molar-refractivity contribution in [2.75, 3.05) is 12.4 Å². The first-order valence-corrected chi connectivity index (χ1v) is 9.37. The Morgan fingerprint density at radius 2 is 1.76 bits per heavy atom. The van der Waals surface area contributed by atoms with E-state index < -0.39 is 5.97 Å². The first kappa shape index (κ1) is 20.3. The smallest absolute Gasteiger partial charge is 0.337 e. The predicted molar refractivity (Wildman–Crippen MR) is 109 cm³/mol. The highest BCUT2D eigenvalue weighted by Crippen LogP contribution is 2.21. The Hall–Kier alpha value is -3.48. The molecule has 3 rings (SSSR count). The maximum Gasteiger partial charge on any atom is 0.337 e. The number of nitrogens with one attached hydrogen (secondary N) is 1. The molecule has 3 aromatic rings. The van der Waals surface area contributed by atoms with Gasteiger partial charge in [0.05, 0.1) is 12.7 Å². The molecule has 0 saturated carbocycles. The van der Waals surface area contributed by atoms with Gasteiger partial charge in [-0.15, -0.1) is 0 Å². The average molecular weight is 393 g/mol. The van der Waals surface area contributed by atoms with Gasteiger partial charge in [0.2, 0.25) is 17.6 Å². The summed E-state index contributed by atoms with van der Waals surface area (Å²) in [6.45, 7) is 4.28. The van der Waals surface area contributed by atoms with Gasteiger partial charge in [0.25, 0.3) is 0 Å². The number of aryl methyl sites for hydroxylation is 1. The minimum Gasteiger partial charge on any atom is -0.465 e. The summed E-state index contributed by atoms with van der Waals surface area (Å²) in [4.78, 5) is 27.9. The highest BCUT2D eigenvalue weighted by molar-refractivity contribution is 5.93. The average Bonchev–Trinajstić information content (AvgIpc) is 3.21. The second-order valence-corrected chi connectivity index (χ2v) is 6.91. The maximum absolute atomic E-state index is 12.1. The topological polar surface area (TPSA) is 94.3 Å². The molecule has 0 radical (unpaired) electrons. The van der Waals surface area contributed by atoms with E-state index in [9.17, 15) is 9.59 Å². The second-order valence-electron chi connectivity index (χ2n) is 6.91. The highest BCUT2D eigenvalue weighted by atomic mass is 16.5. The van der Waals surface area contributed by atoms with Crippen molar-refractivity contribution in [1.82, 2.24) is 10.1 Å². The van der Waals surface area contributed by atoms with Crippen LogP contribution in [-0.2, 0) is 16.0 Å². The molecular weight excluding hydrogens is 370 g/mol. The van der Waals surface area contributed by atoms with Crippen molar-refractivity contribution in [1.29, 1.82) is 0 Å². The summed E-state index contributed by atoms with van der Waals surface area (Å²) in [5.41, 5.74) is 3.14. The van der Waals surface area contributed by atoms with E-state index in [0.29, 0.717) is 35.3 Å². The van der Waals surface area contributed by atoms with Crippen LogP contribution in [0.1, 0.15) is 48.0 Å². The van der Waals surface area contributed by atoms with Gasteiger partial charge in [0.1, 0.15) is 0 Å². The lowest BCUT2D eigenvalue weighted by molar-refractivity contribution is -0.116. The Labute approximate surface area is 169 Å². The fraction of sp³-hybridized carbons (Fsp3) is 0.273. The van der Waals surface area contributed by atoms with E-state index in [1.54, 1.807) is 24.3 Å². The minimum absolute atomic E-state index is 0.183. The standard InChI is InChI=1S/C22H23N3O4/c1-14(2)15-4-6-16(7-5-15)21-24-20(29-25-21)13-12-19(26)23-18-10-8-17(9-11-18)22(27)28-3/h4-11,14H,12-13H2,1-3H3,(H,23,26). The summed E-state index contributed by atoms with van der Waals surface area (Å²) in [5, 5.41) is 6.77. The molecule has 0 atom stereocenters. The molecule has 150 valence electrons. The fourth-order valence-corrected chi connectivity index (χ4v) is 2.74. The van der Waals surface area contributed by atoms with E-state index in [4.69, 9.17) is 4.52 Å². The van der Waals surface area contributed by atoms with Crippen LogP contribution in [0.2, 0.25) is 0 Å². The quantitative estimate of drug-likeness (QED) is 0.604. The van der Waals surface area contributed by atoms with E-state index in [1.807, 2.05) is 12.1 Å². The van der Waals surface area contributed by atoms with Crippen LogP contribution in [0.5, 0.6) is 0 Å². The molecule has 29 heavy (non-hydrogen) atoms. The van der Waals surface area contributed by atoms with Crippen molar-refractivity contribution < 1.29 is 18.8 Å². The number of esters is 1. The Morgan fingerprint density at radius 3 is 2.38 bits per heavy atom. The molecule has 1 N–H and O–H groups in total. The van der Waals surface area contributed by atoms with Gasteiger partial charge in [0, 0.05) is 24.1 Å². The number of carbonyl (C=O) groups is 2. The molecule has 0 fully saturated rings. The van der Waals surface area contributed by atoms with Crippen molar-refractivity contribution in [3.63, 3.8) is 0 Å². The largest absolute Gasteiger partial charge is 0.465 e. The number of methoxy groups -OCH3 is 1. The molecule has 0 unspecified atom stereocenters. The summed E-state index contributed by atoms with van der Waals surface area (Å²) in [6.07, 6.45) is 0.538. The maximum atomic E-state index is 12.1. The number of hydrogen-bond donors (Lipinski definition) is 1. The molecule has 0 bridgehead atoms. The molecule has 7 heteroatoms. The van der Waals surface area contributed by atoms with Crippen molar-refractivity contribution in [2.24, 2.45) is 0 Å². The third kappa shape index (κ3) is 5.28. The third-order valence-electron chi connectivity index (χ3n) is 4.46. The first-order valence-electron chi connectivity index (χ1n) is 9.37. The van der Waals surface area contributed by atoms with Crippen LogP contribution < -0.4 is 5.32 Å². The summed E-state index contributed by atoms with van der Waals surface area (Å²) >= 11 is 0. The zero-order valence-electron chi connectivity index (χ0n) is 16.6. The zero-order chi connectivity index (χ0) is 20.8. The molecular formula is C22H23N3O4. The first-order chi connectivity index (χ1) is 14.0. The van der Waals surface area contributed by atoms with E-state index in [1.165, 1.54) is 12.7 Å². The second kappa shape index (κ2) is 9.14. The van der Waals surface area contributed by atoms with Gasteiger partial charge in [-0.2, -0.15) is 4.98 Å². The Kier molecular flexibility index (Phi) is 6.39. The molecule has 0 aliphatic heterocycles. The minimum atomic E-state index is -0.422. The van der Waals surface area contributed by atoms with Gasteiger partial charge in [-0.05, 0) is 35.7 Å². The number of aromatic nitrogens is 2. The van der Waals surface area contributed by atoms with Crippen molar-refractivity contribution >= 4 is 17.6 Å². The molecule has 1 amide bonds. The lowest BCUT2D eigenvalue weighted by Gasteiger charge is -2.05. The number of ether oxygens (including phenoxy) is 1. The lowest BCUT2D eigenvalue weighted by atomic mass is 10.0. The van der Waals surface area contributed by atoms with Gasteiger partial charge in [-0.3, -0.25) is 4.79 Å². The predicted octanol–water partition coefficient (Wildman–Crippen LogP) is 4.22. The van der Waals surface area contributed by atoms with Crippen LogP contribution in [0.4, 0.5) is 5.69 Å². The molecule has 0 spiro atoms. The molecule has 0 aliphatic rings. The van der Waals surface area contributed by atoms with Crippen LogP contribution in [0.25, 0.3) is 11.4 Å².